The van der Waals surface area contributed by atoms with Gasteiger partial charge in [-0.3, -0.25) is 9.78 Å². The lowest BCUT2D eigenvalue weighted by atomic mass is 9.68. The molecule has 1 aliphatic rings. The number of aromatic nitrogens is 4. The number of fused-ring (bicyclic) bond motifs is 1. The van der Waals surface area contributed by atoms with Gasteiger partial charge in [-0.05, 0) is 79.3 Å². The number of benzene rings is 2. The Morgan fingerprint density at radius 2 is 1.86 bits per heavy atom. The van der Waals surface area contributed by atoms with Crippen LogP contribution in [0.1, 0.15) is 50.3 Å². The van der Waals surface area contributed by atoms with Crippen molar-refractivity contribution in [2.45, 2.75) is 46.5 Å². The van der Waals surface area contributed by atoms with Gasteiger partial charge in [0, 0.05) is 48.1 Å². The standard InChI is InChI=1S/C37H37N5O/c1-5-26-12-15-32-33(20-26)41-36(40-32)30-13-16-31(38-23-30)29-14-17-34(39-22-29)42-19-9-18-37(24-42,35(43)25(3)4)21-28-11-8-7-10-27(28)6-2/h2,7-8,10-17,20,22-23,25H,5,9,18-19,21,24H2,1,3-4H3,(H,40,41). The van der Waals surface area contributed by atoms with E-state index in [0.717, 1.165) is 76.4 Å². The fourth-order valence-electron chi connectivity index (χ4n) is 6.39. The van der Waals surface area contributed by atoms with Gasteiger partial charge in [-0.15, -0.1) is 6.42 Å². The highest BCUT2D eigenvalue weighted by molar-refractivity contribution is 5.88. The number of anilines is 1. The third kappa shape index (κ3) is 5.68. The fourth-order valence-corrected chi connectivity index (χ4v) is 6.39. The molecule has 1 unspecified atom stereocenters. The topological polar surface area (TPSA) is 74.8 Å². The van der Waals surface area contributed by atoms with Crippen molar-refractivity contribution in [1.82, 2.24) is 19.9 Å². The second-order valence-electron chi connectivity index (χ2n) is 11.9. The molecule has 216 valence electrons. The molecule has 2 aromatic carbocycles. The lowest BCUT2D eigenvalue weighted by molar-refractivity contribution is -0.132. The number of nitrogens with zero attached hydrogens (tertiary/aromatic N) is 4. The molecule has 0 spiro atoms. The van der Waals surface area contributed by atoms with Gasteiger partial charge in [0.2, 0.25) is 0 Å². The second-order valence-corrected chi connectivity index (χ2v) is 11.9. The van der Waals surface area contributed by atoms with Crippen molar-refractivity contribution in [1.29, 1.82) is 0 Å². The predicted molar refractivity (Wildman–Crippen MR) is 174 cm³/mol. The summed E-state index contributed by atoms with van der Waals surface area (Å²) in [7, 11) is 0. The first-order chi connectivity index (χ1) is 20.9. The number of aryl methyl sites for hydroxylation is 1. The molecule has 6 rings (SSSR count). The van der Waals surface area contributed by atoms with Gasteiger partial charge in [-0.1, -0.05) is 51.0 Å². The minimum atomic E-state index is -0.508. The van der Waals surface area contributed by atoms with Crippen LogP contribution < -0.4 is 4.90 Å². The van der Waals surface area contributed by atoms with Crippen LogP contribution >= 0.6 is 0 Å². The van der Waals surface area contributed by atoms with Gasteiger partial charge in [-0.2, -0.15) is 0 Å². The summed E-state index contributed by atoms with van der Waals surface area (Å²) in [6.45, 7) is 7.63. The number of rotatable bonds is 8. The molecule has 1 aliphatic heterocycles. The third-order valence-electron chi connectivity index (χ3n) is 8.68. The molecule has 3 aromatic heterocycles. The molecule has 0 aliphatic carbocycles. The van der Waals surface area contributed by atoms with Gasteiger partial charge < -0.3 is 9.88 Å². The van der Waals surface area contributed by atoms with E-state index < -0.39 is 5.41 Å². The van der Waals surface area contributed by atoms with E-state index in [1.165, 1.54) is 5.56 Å². The minimum absolute atomic E-state index is 0.0595. The number of terminal acetylenes is 1. The number of hydrogen-bond acceptors (Lipinski definition) is 5. The quantitative estimate of drug-likeness (QED) is 0.199. The maximum absolute atomic E-state index is 13.7. The summed E-state index contributed by atoms with van der Waals surface area (Å²) in [6, 6.07) is 22.5. The average molecular weight is 568 g/mol. The van der Waals surface area contributed by atoms with Gasteiger partial charge in [0.15, 0.2) is 0 Å². The number of pyridine rings is 2. The van der Waals surface area contributed by atoms with E-state index in [9.17, 15) is 4.79 Å². The Morgan fingerprint density at radius 3 is 2.58 bits per heavy atom. The molecule has 1 N–H and O–H groups in total. The number of carbonyl (C=O) groups excluding carboxylic acids is 1. The van der Waals surface area contributed by atoms with E-state index in [-0.39, 0.29) is 5.92 Å². The Morgan fingerprint density at radius 1 is 1.05 bits per heavy atom. The van der Waals surface area contributed by atoms with E-state index in [1.54, 1.807) is 0 Å². The lowest BCUT2D eigenvalue weighted by Gasteiger charge is -2.43. The van der Waals surface area contributed by atoms with Crippen molar-refractivity contribution < 1.29 is 4.79 Å². The normalized spacial score (nSPS) is 16.9. The molecule has 1 saturated heterocycles. The highest BCUT2D eigenvalue weighted by atomic mass is 16.1. The van der Waals surface area contributed by atoms with E-state index in [2.05, 4.69) is 53.1 Å². The SMILES string of the molecule is C#Cc1ccccc1CC1(C(=O)C(C)C)CCCN(c2ccc(-c3ccc(-c4nc5ccc(CC)cc5[nH]4)cn3)cn2)C1. The average Bonchev–Trinajstić information content (AvgIpc) is 3.48. The van der Waals surface area contributed by atoms with Crippen molar-refractivity contribution in [2.75, 3.05) is 18.0 Å². The molecule has 0 amide bonds. The highest BCUT2D eigenvalue weighted by Crippen LogP contribution is 2.39. The van der Waals surface area contributed by atoms with Crippen LogP contribution in [0.4, 0.5) is 5.82 Å². The van der Waals surface area contributed by atoms with Crippen LogP contribution in [0.5, 0.6) is 0 Å². The molecule has 6 heteroatoms. The van der Waals surface area contributed by atoms with Crippen LogP contribution in [-0.2, 0) is 17.6 Å². The number of nitrogens with one attached hydrogen (secondary N) is 1. The van der Waals surface area contributed by atoms with Gasteiger partial charge in [0.25, 0.3) is 0 Å². The van der Waals surface area contributed by atoms with Crippen LogP contribution in [0.3, 0.4) is 0 Å². The predicted octanol–water partition coefficient (Wildman–Crippen LogP) is 7.29. The smallest absolute Gasteiger partial charge is 0.143 e. The van der Waals surface area contributed by atoms with Gasteiger partial charge in [0.05, 0.1) is 22.1 Å². The van der Waals surface area contributed by atoms with Crippen molar-refractivity contribution in [3.63, 3.8) is 0 Å². The Kier molecular flexibility index (Phi) is 7.82. The number of aromatic amines is 1. The number of imidazole rings is 1. The summed E-state index contributed by atoms with van der Waals surface area (Å²) in [5, 5.41) is 0. The van der Waals surface area contributed by atoms with Crippen LogP contribution in [0.2, 0.25) is 0 Å². The van der Waals surface area contributed by atoms with Gasteiger partial charge in [0.1, 0.15) is 17.4 Å². The third-order valence-corrected chi connectivity index (χ3v) is 8.68. The number of H-pyrrole nitrogens is 1. The summed E-state index contributed by atoms with van der Waals surface area (Å²) >= 11 is 0. The van der Waals surface area contributed by atoms with Crippen molar-refractivity contribution in [3.8, 4) is 35.0 Å². The Bertz CT molecular complexity index is 1800. The molecule has 1 fully saturated rings. The molecular weight excluding hydrogens is 530 g/mol. The first kappa shape index (κ1) is 28.4. The van der Waals surface area contributed by atoms with E-state index in [1.807, 2.05) is 62.6 Å². The largest absolute Gasteiger partial charge is 0.356 e. The molecular formula is C37H37N5O. The molecule has 1 atom stereocenters. The Labute approximate surface area is 253 Å². The highest BCUT2D eigenvalue weighted by Gasteiger charge is 2.43. The first-order valence-electron chi connectivity index (χ1n) is 15.1. The van der Waals surface area contributed by atoms with Crippen molar-refractivity contribution in [3.05, 3.63) is 95.8 Å². The maximum atomic E-state index is 13.7. The van der Waals surface area contributed by atoms with Gasteiger partial charge >= 0.3 is 0 Å². The lowest BCUT2D eigenvalue weighted by Crippen LogP contribution is -2.51. The number of ketones is 1. The number of hydrogen-bond donors (Lipinski definition) is 1. The van der Waals surface area contributed by atoms with E-state index >= 15 is 0 Å². The maximum Gasteiger partial charge on any atom is 0.143 e. The summed E-state index contributed by atoms with van der Waals surface area (Å²) in [4.78, 5) is 33.7. The molecule has 0 bridgehead atoms. The molecule has 0 saturated carbocycles. The molecule has 6 nitrogen and oxygen atoms in total. The summed E-state index contributed by atoms with van der Waals surface area (Å²) in [6.07, 6.45) is 12.9. The van der Waals surface area contributed by atoms with Crippen LogP contribution in [0, 0.1) is 23.7 Å². The van der Waals surface area contributed by atoms with Crippen LogP contribution in [-0.4, -0.2) is 38.8 Å². The molecule has 43 heavy (non-hydrogen) atoms. The first-order valence-corrected chi connectivity index (χ1v) is 15.1. The number of piperidine rings is 1. The Balaban J connectivity index is 1.21. The zero-order chi connectivity index (χ0) is 30.0. The van der Waals surface area contributed by atoms with E-state index in [4.69, 9.17) is 21.4 Å². The summed E-state index contributed by atoms with van der Waals surface area (Å²) in [5.74, 6) is 4.73. The fraction of sp³-hybridized carbons (Fsp3) is 0.297. The zero-order valence-corrected chi connectivity index (χ0v) is 25.1. The second kappa shape index (κ2) is 11.9. The number of Topliss-reactive ketones (excluding diaryl/α,β-unsaturated/α-hetero) is 1. The van der Waals surface area contributed by atoms with Crippen LogP contribution in [0.25, 0.3) is 33.7 Å². The molecule has 0 radical (unpaired) electrons. The van der Waals surface area contributed by atoms with Crippen molar-refractivity contribution in [2.24, 2.45) is 11.3 Å². The van der Waals surface area contributed by atoms with Crippen LogP contribution in [0.15, 0.2) is 79.1 Å². The minimum Gasteiger partial charge on any atom is -0.356 e. The summed E-state index contributed by atoms with van der Waals surface area (Å²) in [5.41, 5.74) is 7.42. The summed E-state index contributed by atoms with van der Waals surface area (Å²) < 4.78 is 0. The zero-order valence-electron chi connectivity index (χ0n) is 25.1. The molecule has 5 aromatic rings. The van der Waals surface area contributed by atoms with E-state index in [0.29, 0.717) is 18.7 Å². The number of carbonyl (C=O) groups is 1. The van der Waals surface area contributed by atoms with Gasteiger partial charge in [-0.25, -0.2) is 9.97 Å². The van der Waals surface area contributed by atoms with Crippen molar-refractivity contribution >= 4 is 22.6 Å². The molecule has 4 heterocycles. The monoisotopic (exact) mass is 567 g/mol. The Hall–Kier alpha value is -4.76.